The fourth-order valence-electron chi connectivity index (χ4n) is 7.84. The summed E-state index contributed by atoms with van der Waals surface area (Å²) < 4.78 is 4.66. The van der Waals surface area contributed by atoms with Gasteiger partial charge in [0.15, 0.2) is 0 Å². The van der Waals surface area contributed by atoms with Crippen LogP contribution in [0.3, 0.4) is 0 Å². The molecule has 4 aliphatic rings. The van der Waals surface area contributed by atoms with Crippen molar-refractivity contribution in [3.8, 4) is 5.75 Å². The van der Waals surface area contributed by atoms with Crippen molar-refractivity contribution in [2.75, 3.05) is 36.1 Å². The van der Waals surface area contributed by atoms with E-state index in [2.05, 4.69) is 13.8 Å². The molecule has 1 spiro atoms. The van der Waals surface area contributed by atoms with Crippen LogP contribution in [0.25, 0.3) is 0 Å². The third-order valence-corrected chi connectivity index (χ3v) is 11.4. The van der Waals surface area contributed by atoms with Crippen LogP contribution in [0.1, 0.15) is 38.3 Å². The van der Waals surface area contributed by atoms with E-state index >= 15 is 0 Å². The van der Waals surface area contributed by atoms with Gasteiger partial charge < -0.3 is 24.5 Å². The zero-order valence-electron chi connectivity index (χ0n) is 26.7. The van der Waals surface area contributed by atoms with Gasteiger partial charge in [-0.3, -0.25) is 14.4 Å². The molecule has 238 valence electrons. The standard InChI is InChI=1S/C36H43N3O5S/c1-6-44-27-15-13-25(14-16-27)37-18-8-12-28-29(33(37)41)30-34(42)39(26(21-40)20-22(2)3)32-35(43)38(19-9-17-36(30,32)45-28)31-23(4)10-7-11-24(31)5/h7-17,22,26,28-30,32,40H,6,18-21H2,1-5H3/t26-,28-,29+,30+,32?,36+/m1/s1. The highest BCUT2D eigenvalue weighted by atomic mass is 32.2. The van der Waals surface area contributed by atoms with E-state index < -0.39 is 28.7 Å². The summed E-state index contributed by atoms with van der Waals surface area (Å²) in [4.78, 5) is 49.5. The van der Waals surface area contributed by atoms with Crippen LogP contribution >= 0.6 is 11.8 Å². The summed E-state index contributed by atoms with van der Waals surface area (Å²) in [7, 11) is 0. The summed E-state index contributed by atoms with van der Waals surface area (Å²) in [5.74, 6) is -1.02. The minimum Gasteiger partial charge on any atom is -0.494 e. The van der Waals surface area contributed by atoms with Crippen LogP contribution in [0.4, 0.5) is 11.4 Å². The highest BCUT2D eigenvalue weighted by Gasteiger charge is 2.72. The van der Waals surface area contributed by atoms with Gasteiger partial charge in [0.1, 0.15) is 11.8 Å². The molecule has 0 saturated carbocycles. The number of aliphatic hydroxyl groups is 1. The predicted molar refractivity (Wildman–Crippen MR) is 179 cm³/mol. The number of rotatable bonds is 8. The van der Waals surface area contributed by atoms with Crippen molar-refractivity contribution in [3.63, 3.8) is 0 Å². The van der Waals surface area contributed by atoms with Crippen molar-refractivity contribution < 1.29 is 24.2 Å². The van der Waals surface area contributed by atoms with Crippen molar-refractivity contribution in [1.29, 1.82) is 0 Å². The third-order valence-electron chi connectivity index (χ3n) is 9.61. The van der Waals surface area contributed by atoms with Crippen LogP contribution < -0.4 is 14.5 Å². The van der Waals surface area contributed by atoms with Gasteiger partial charge >= 0.3 is 0 Å². The monoisotopic (exact) mass is 629 g/mol. The Morgan fingerprint density at radius 1 is 0.956 bits per heavy atom. The molecule has 9 heteroatoms. The first-order valence-corrected chi connectivity index (χ1v) is 16.9. The van der Waals surface area contributed by atoms with Crippen LogP contribution in [0.5, 0.6) is 5.75 Å². The van der Waals surface area contributed by atoms with Gasteiger partial charge in [0, 0.05) is 29.7 Å². The average molecular weight is 630 g/mol. The summed E-state index contributed by atoms with van der Waals surface area (Å²) in [6.45, 7) is 11.1. The molecular weight excluding hydrogens is 586 g/mol. The molecule has 3 amide bonds. The number of likely N-dealkylation sites (tertiary alicyclic amines) is 1. The number of aryl methyl sites for hydroxylation is 2. The normalized spacial score (nSPS) is 28.2. The molecule has 2 fully saturated rings. The van der Waals surface area contributed by atoms with Crippen molar-refractivity contribution in [3.05, 3.63) is 77.9 Å². The Kier molecular flexibility index (Phi) is 8.61. The second kappa shape index (κ2) is 12.3. The quantitative estimate of drug-likeness (QED) is 0.418. The minimum absolute atomic E-state index is 0.126. The van der Waals surface area contributed by atoms with Gasteiger partial charge in [-0.1, -0.05) is 56.4 Å². The lowest BCUT2D eigenvalue weighted by Gasteiger charge is -2.39. The molecule has 6 atom stereocenters. The van der Waals surface area contributed by atoms with E-state index in [1.54, 1.807) is 26.5 Å². The number of carbonyl (C=O) groups is 3. The maximum Gasteiger partial charge on any atom is 0.251 e. The second-order valence-electron chi connectivity index (χ2n) is 12.9. The molecule has 0 aromatic heterocycles. The van der Waals surface area contributed by atoms with Gasteiger partial charge in [-0.05, 0) is 68.5 Å². The lowest BCUT2D eigenvalue weighted by molar-refractivity contribution is -0.142. The van der Waals surface area contributed by atoms with E-state index in [0.717, 1.165) is 28.3 Å². The predicted octanol–water partition coefficient (Wildman–Crippen LogP) is 4.91. The molecule has 0 bridgehead atoms. The van der Waals surface area contributed by atoms with Gasteiger partial charge in [0.25, 0.3) is 5.91 Å². The fraction of sp³-hybridized carbons (Fsp3) is 0.472. The van der Waals surface area contributed by atoms with Crippen LogP contribution in [-0.4, -0.2) is 76.1 Å². The molecule has 1 N–H and O–H groups in total. The first-order chi connectivity index (χ1) is 21.6. The number of aliphatic hydroxyl groups excluding tert-OH is 1. The number of nitrogens with zero attached hydrogens (tertiary/aromatic N) is 3. The summed E-state index contributed by atoms with van der Waals surface area (Å²) in [5.41, 5.74) is 3.54. The number of fused-ring (bicyclic) bond motifs is 2. The number of hydrogen-bond acceptors (Lipinski definition) is 6. The zero-order valence-corrected chi connectivity index (χ0v) is 27.5. The number of para-hydroxylation sites is 1. The maximum atomic E-state index is 14.9. The van der Waals surface area contributed by atoms with E-state index in [1.807, 2.05) is 87.5 Å². The Morgan fingerprint density at radius 2 is 1.64 bits per heavy atom. The Morgan fingerprint density at radius 3 is 2.29 bits per heavy atom. The van der Waals surface area contributed by atoms with Gasteiger partial charge in [0.05, 0.1) is 35.8 Å². The van der Waals surface area contributed by atoms with Crippen LogP contribution in [0.2, 0.25) is 0 Å². The lowest BCUT2D eigenvalue weighted by atomic mass is 9.78. The molecule has 0 aliphatic carbocycles. The van der Waals surface area contributed by atoms with Crippen LogP contribution in [0, 0.1) is 31.6 Å². The molecule has 45 heavy (non-hydrogen) atoms. The molecule has 4 aliphatic heterocycles. The second-order valence-corrected chi connectivity index (χ2v) is 14.4. The Bertz CT molecular complexity index is 1520. The highest BCUT2D eigenvalue weighted by Crippen LogP contribution is 2.61. The first kappa shape index (κ1) is 31.4. The number of carbonyl (C=O) groups excluding carboxylic acids is 3. The van der Waals surface area contributed by atoms with Gasteiger partial charge in [-0.25, -0.2) is 0 Å². The summed E-state index contributed by atoms with van der Waals surface area (Å²) in [6, 6.07) is 12.0. The van der Waals surface area contributed by atoms with E-state index in [1.165, 1.54) is 0 Å². The highest BCUT2D eigenvalue weighted by molar-refractivity contribution is 8.02. The first-order valence-electron chi connectivity index (χ1n) is 16.0. The molecular formula is C36H43N3O5S. The summed E-state index contributed by atoms with van der Waals surface area (Å²) in [6.07, 6.45) is 8.64. The number of amides is 3. The average Bonchev–Trinajstić information content (AvgIpc) is 3.33. The number of ether oxygens (including phenoxy) is 1. The third kappa shape index (κ3) is 5.18. The molecule has 2 aromatic carbocycles. The Labute approximate surface area is 270 Å². The van der Waals surface area contributed by atoms with E-state index in [-0.39, 0.29) is 35.5 Å². The van der Waals surface area contributed by atoms with Crippen molar-refractivity contribution in [2.24, 2.45) is 17.8 Å². The van der Waals surface area contributed by atoms with Crippen LogP contribution in [0.15, 0.2) is 66.8 Å². The molecule has 6 rings (SSSR count). The van der Waals surface area contributed by atoms with Crippen LogP contribution in [-0.2, 0) is 14.4 Å². The van der Waals surface area contributed by atoms with Gasteiger partial charge in [0.2, 0.25) is 11.8 Å². The number of thioether (sulfide) groups is 1. The number of benzene rings is 2. The Hall–Kier alpha value is -3.56. The topological polar surface area (TPSA) is 90.4 Å². The van der Waals surface area contributed by atoms with E-state index in [0.29, 0.717) is 26.1 Å². The molecule has 2 aromatic rings. The minimum atomic E-state index is -0.957. The maximum absolute atomic E-state index is 14.9. The molecule has 0 radical (unpaired) electrons. The Balaban J connectivity index is 1.45. The smallest absolute Gasteiger partial charge is 0.251 e. The molecule has 2 saturated heterocycles. The largest absolute Gasteiger partial charge is 0.494 e. The fourth-order valence-corrected chi connectivity index (χ4v) is 9.84. The summed E-state index contributed by atoms with van der Waals surface area (Å²) >= 11 is 1.56. The zero-order chi connectivity index (χ0) is 32.0. The van der Waals surface area contributed by atoms with Crippen molar-refractivity contribution in [1.82, 2.24) is 4.90 Å². The molecule has 8 nitrogen and oxygen atoms in total. The molecule has 4 heterocycles. The SMILES string of the molecule is CCOc1ccc(N2CC=C[C@H]3S[C@]45C=CCN(c6c(C)cccc6C)C(=O)C4N([C@@H](CO)CC(C)C)C(=O)[C@@H]5[C@H]3C2=O)cc1. The molecule has 1 unspecified atom stereocenters. The number of anilines is 2. The lowest BCUT2D eigenvalue weighted by Crippen LogP contribution is -2.57. The van der Waals surface area contributed by atoms with Gasteiger partial charge in [-0.15, -0.1) is 11.8 Å². The van der Waals surface area contributed by atoms with Crippen molar-refractivity contribution >= 4 is 40.9 Å². The van der Waals surface area contributed by atoms with E-state index in [9.17, 15) is 19.5 Å². The van der Waals surface area contributed by atoms with E-state index in [4.69, 9.17) is 4.74 Å². The van der Waals surface area contributed by atoms with Crippen molar-refractivity contribution in [2.45, 2.75) is 63.1 Å². The number of hydrogen-bond donors (Lipinski definition) is 1. The summed E-state index contributed by atoms with van der Waals surface area (Å²) in [5, 5.41) is 10.4. The van der Waals surface area contributed by atoms with Gasteiger partial charge in [-0.2, -0.15) is 0 Å².